The monoisotopic (exact) mass is 362 g/mol. The van der Waals surface area contributed by atoms with Gasteiger partial charge in [-0.05, 0) is 40.8 Å². The van der Waals surface area contributed by atoms with Crippen LogP contribution in [0.1, 0.15) is 37.6 Å². The van der Waals surface area contributed by atoms with Crippen LogP contribution < -0.4 is 5.43 Å². The van der Waals surface area contributed by atoms with Gasteiger partial charge in [-0.2, -0.15) is 15.3 Å². The Bertz CT molecular complexity index is 991. The van der Waals surface area contributed by atoms with Gasteiger partial charge in [0.05, 0.1) is 6.21 Å². The highest BCUT2D eigenvalue weighted by Crippen LogP contribution is 2.25. The number of rotatable bonds is 4. The predicted octanol–water partition coefficient (Wildman–Crippen LogP) is 5.10. The summed E-state index contributed by atoms with van der Waals surface area (Å²) >= 11 is 0. The lowest BCUT2D eigenvalue weighted by atomic mass is 9.87. The first-order valence-electron chi connectivity index (χ1n) is 8.43. The van der Waals surface area contributed by atoms with Crippen LogP contribution in [-0.2, 0) is 5.41 Å². The Labute approximate surface area is 157 Å². The van der Waals surface area contributed by atoms with Crippen molar-refractivity contribution in [2.45, 2.75) is 26.2 Å². The fraction of sp³-hybridized carbons (Fsp3) is 0.190. The Balaban J connectivity index is 1.75. The molecule has 0 saturated carbocycles. The second kappa shape index (κ2) is 7.42. The summed E-state index contributed by atoms with van der Waals surface area (Å²) in [5, 5.41) is 13.3. The lowest BCUT2D eigenvalue weighted by Gasteiger charge is -2.18. The molecule has 3 rings (SSSR count). The molecule has 2 aromatic carbocycles. The second-order valence-electron chi connectivity index (χ2n) is 7.06. The van der Waals surface area contributed by atoms with E-state index in [1.165, 1.54) is 29.8 Å². The van der Waals surface area contributed by atoms with Crippen molar-refractivity contribution < 1.29 is 8.81 Å². The zero-order valence-corrected chi connectivity index (χ0v) is 15.3. The van der Waals surface area contributed by atoms with E-state index in [1.54, 1.807) is 6.21 Å². The number of hydrogen-bond acceptors (Lipinski definition) is 5. The summed E-state index contributed by atoms with van der Waals surface area (Å²) in [6.07, 6.45) is 1.63. The number of halogens is 1. The predicted molar refractivity (Wildman–Crippen MR) is 103 cm³/mol. The molecule has 0 saturated heterocycles. The van der Waals surface area contributed by atoms with Crippen molar-refractivity contribution in [2.24, 2.45) is 5.10 Å². The van der Waals surface area contributed by atoms with Crippen molar-refractivity contribution in [3.63, 3.8) is 0 Å². The highest BCUT2D eigenvalue weighted by Gasteiger charge is 2.14. The molecule has 0 bridgehead atoms. The van der Waals surface area contributed by atoms with Crippen LogP contribution in [0.25, 0.3) is 11.5 Å². The van der Waals surface area contributed by atoms with E-state index in [4.69, 9.17) is 4.42 Å². The Morgan fingerprint density at radius 1 is 1.11 bits per heavy atom. The second-order valence-corrected chi connectivity index (χ2v) is 7.06. The average Bonchev–Trinajstić information content (AvgIpc) is 3.05. The third-order valence-electron chi connectivity index (χ3n) is 3.98. The lowest BCUT2D eigenvalue weighted by Crippen LogP contribution is -2.10. The number of benzene rings is 2. The maximum atomic E-state index is 13.0. The molecule has 0 aliphatic rings. The molecule has 136 valence electrons. The van der Waals surface area contributed by atoms with E-state index in [9.17, 15) is 9.65 Å². The smallest absolute Gasteiger partial charge is 0.252 e. The number of oxazole rings is 1. The molecule has 1 heterocycles. The van der Waals surface area contributed by atoms with Crippen LogP contribution in [0.15, 0.2) is 58.0 Å². The SMILES string of the molecule is CC(C)(C)c1ccc(/C=N/Nc2oc(-c3ccc(F)cc3)nc2C#N)cc1. The Morgan fingerprint density at radius 3 is 2.37 bits per heavy atom. The number of nitrogens with zero attached hydrogens (tertiary/aromatic N) is 3. The summed E-state index contributed by atoms with van der Waals surface area (Å²) in [6, 6.07) is 15.7. The first-order chi connectivity index (χ1) is 12.9. The van der Waals surface area contributed by atoms with Gasteiger partial charge < -0.3 is 4.42 Å². The van der Waals surface area contributed by atoms with Crippen molar-refractivity contribution in [1.29, 1.82) is 5.26 Å². The minimum atomic E-state index is -0.355. The van der Waals surface area contributed by atoms with Gasteiger partial charge in [-0.25, -0.2) is 9.82 Å². The maximum absolute atomic E-state index is 13.0. The highest BCUT2D eigenvalue weighted by atomic mass is 19.1. The van der Waals surface area contributed by atoms with Gasteiger partial charge in [-0.15, -0.1) is 0 Å². The number of aromatic nitrogens is 1. The van der Waals surface area contributed by atoms with E-state index in [2.05, 4.69) is 48.4 Å². The topological polar surface area (TPSA) is 74.2 Å². The molecule has 0 atom stereocenters. The molecule has 5 nitrogen and oxygen atoms in total. The first kappa shape index (κ1) is 18.3. The molecule has 0 unspecified atom stereocenters. The van der Waals surface area contributed by atoms with Crippen LogP contribution in [0, 0.1) is 17.1 Å². The Morgan fingerprint density at radius 2 is 1.78 bits per heavy atom. The molecule has 0 aliphatic heterocycles. The first-order valence-corrected chi connectivity index (χ1v) is 8.43. The lowest BCUT2D eigenvalue weighted by molar-refractivity contribution is 0.586. The van der Waals surface area contributed by atoms with Crippen LogP contribution in [0.2, 0.25) is 0 Å². The van der Waals surface area contributed by atoms with E-state index in [-0.39, 0.29) is 28.7 Å². The Hall–Kier alpha value is -3.46. The van der Waals surface area contributed by atoms with Gasteiger partial charge in [-0.3, -0.25) is 0 Å². The van der Waals surface area contributed by atoms with E-state index in [1.807, 2.05) is 18.2 Å². The Kier molecular flexibility index (Phi) is 5.04. The molecule has 0 radical (unpaired) electrons. The molecule has 0 spiro atoms. The number of anilines is 1. The summed E-state index contributed by atoms with van der Waals surface area (Å²) in [5.41, 5.74) is 5.59. The van der Waals surface area contributed by atoms with Crippen molar-refractivity contribution in [3.05, 3.63) is 71.2 Å². The molecule has 1 aromatic heterocycles. The van der Waals surface area contributed by atoms with Crippen LogP contribution in [-0.4, -0.2) is 11.2 Å². The summed E-state index contributed by atoms with van der Waals surface area (Å²) in [6.45, 7) is 6.47. The number of nitrogens with one attached hydrogen (secondary N) is 1. The van der Waals surface area contributed by atoms with E-state index in [0.717, 1.165) is 5.56 Å². The molecule has 6 heteroatoms. The summed E-state index contributed by atoms with van der Waals surface area (Å²) in [4.78, 5) is 4.11. The van der Waals surface area contributed by atoms with Crippen molar-refractivity contribution >= 4 is 12.1 Å². The van der Waals surface area contributed by atoms with Gasteiger partial charge in [0.25, 0.3) is 5.88 Å². The van der Waals surface area contributed by atoms with Crippen molar-refractivity contribution in [1.82, 2.24) is 4.98 Å². The fourth-order valence-corrected chi connectivity index (χ4v) is 2.42. The number of hydrazone groups is 1. The normalized spacial score (nSPS) is 11.5. The van der Waals surface area contributed by atoms with Crippen LogP contribution in [0.4, 0.5) is 10.3 Å². The largest absolute Gasteiger partial charge is 0.417 e. The zero-order chi connectivity index (χ0) is 19.4. The zero-order valence-electron chi connectivity index (χ0n) is 15.3. The van der Waals surface area contributed by atoms with Crippen LogP contribution in [0.5, 0.6) is 0 Å². The van der Waals surface area contributed by atoms with Gasteiger partial charge in [0.2, 0.25) is 11.6 Å². The third kappa shape index (κ3) is 4.39. The van der Waals surface area contributed by atoms with Crippen molar-refractivity contribution in [3.8, 4) is 17.5 Å². The van der Waals surface area contributed by atoms with Gasteiger partial charge >= 0.3 is 0 Å². The quantitative estimate of drug-likeness (QED) is 0.518. The minimum Gasteiger partial charge on any atom is -0.417 e. The molecule has 0 amide bonds. The van der Waals surface area contributed by atoms with Gasteiger partial charge in [0.15, 0.2) is 0 Å². The van der Waals surface area contributed by atoms with Crippen LogP contribution in [0.3, 0.4) is 0 Å². The molecular weight excluding hydrogens is 343 g/mol. The molecule has 0 fully saturated rings. The summed E-state index contributed by atoms with van der Waals surface area (Å²) in [7, 11) is 0. The summed E-state index contributed by atoms with van der Waals surface area (Å²) < 4.78 is 18.6. The standard InChI is InChI=1S/C21H19FN4O/c1-21(2,3)16-8-4-14(5-9-16)13-24-26-20-18(12-23)25-19(27-20)15-6-10-17(22)11-7-15/h4-11,13,26H,1-3H3/b24-13+. The molecule has 0 aliphatic carbocycles. The number of nitriles is 1. The van der Waals surface area contributed by atoms with Gasteiger partial charge in [0.1, 0.15) is 11.9 Å². The number of hydrogen-bond donors (Lipinski definition) is 1. The molecule has 3 aromatic rings. The van der Waals surface area contributed by atoms with Gasteiger partial charge in [0, 0.05) is 5.56 Å². The molecular formula is C21H19FN4O. The molecule has 1 N–H and O–H groups in total. The average molecular weight is 362 g/mol. The van der Waals surface area contributed by atoms with E-state index < -0.39 is 0 Å². The third-order valence-corrected chi connectivity index (χ3v) is 3.98. The minimum absolute atomic E-state index is 0.0783. The van der Waals surface area contributed by atoms with Gasteiger partial charge in [-0.1, -0.05) is 45.0 Å². The van der Waals surface area contributed by atoms with E-state index in [0.29, 0.717) is 5.56 Å². The van der Waals surface area contributed by atoms with Crippen molar-refractivity contribution in [2.75, 3.05) is 5.43 Å². The van der Waals surface area contributed by atoms with E-state index >= 15 is 0 Å². The highest BCUT2D eigenvalue weighted by molar-refractivity contribution is 5.80. The van der Waals surface area contributed by atoms with Crippen LogP contribution >= 0.6 is 0 Å². The maximum Gasteiger partial charge on any atom is 0.252 e. The molecule has 27 heavy (non-hydrogen) atoms. The summed E-state index contributed by atoms with van der Waals surface area (Å²) in [5.74, 6) is 0.00408. The fourth-order valence-electron chi connectivity index (χ4n) is 2.42.